The Balaban J connectivity index is 2.56. The van der Waals surface area contributed by atoms with Crippen molar-refractivity contribution in [3.05, 3.63) is 29.6 Å². The third kappa shape index (κ3) is 3.23. The van der Waals surface area contributed by atoms with Gasteiger partial charge in [-0.15, -0.1) is 0 Å². The number of hydrogen-bond acceptors (Lipinski definition) is 6. The highest BCUT2D eigenvalue weighted by molar-refractivity contribution is 5.77. The molecule has 2 rings (SSSR count). The van der Waals surface area contributed by atoms with Crippen molar-refractivity contribution in [3.63, 3.8) is 0 Å². The molecule has 1 heterocycles. The molecule has 7 heteroatoms. The summed E-state index contributed by atoms with van der Waals surface area (Å²) < 4.78 is 19.3. The van der Waals surface area contributed by atoms with Gasteiger partial charge >= 0.3 is 0 Å². The molecule has 0 amide bonds. The molecule has 114 valence electrons. The largest absolute Gasteiger partial charge is 0.493 e. The maximum atomic E-state index is 13.6. The number of anilines is 2. The Hall–Kier alpha value is -2.88. The molecule has 0 aliphatic carbocycles. The topological polar surface area (TPSA) is 111 Å². The number of benzene rings is 1. The molecule has 0 fully saturated rings. The summed E-state index contributed by atoms with van der Waals surface area (Å²) in [6.45, 7) is 2.52. The number of aromatic nitrogens is 2. The highest BCUT2D eigenvalue weighted by atomic mass is 19.1. The number of ether oxygens (including phenoxy) is 1. The zero-order valence-electron chi connectivity index (χ0n) is 12.1. The van der Waals surface area contributed by atoms with E-state index in [1.807, 2.05) is 13.0 Å². The second-order valence-corrected chi connectivity index (χ2v) is 4.64. The zero-order chi connectivity index (χ0) is 16.1. The Morgan fingerprint density at radius 1 is 1.32 bits per heavy atom. The van der Waals surface area contributed by atoms with Gasteiger partial charge in [0.1, 0.15) is 29.0 Å². The van der Waals surface area contributed by atoms with Crippen LogP contribution in [0.1, 0.15) is 25.3 Å². The van der Waals surface area contributed by atoms with Crippen molar-refractivity contribution in [2.45, 2.75) is 19.8 Å². The third-order valence-corrected chi connectivity index (χ3v) is 3.02. The first-order valence-electron chi connectivity index (χ1n) is 6.82. The van der Waals surface area contributed by atoms with Crippen molar-refractivity contribution in [1.29, 1.82) is 5.26 Å². The Bertz CT molecular complexity index is 727. The lowest BCUT2D eigenvalue weighted by atomic mass is 10.1. The van der Waals surface area contributed by atoms with Gasteiger partial charge in [-0.3, -0.25) is 0 Å². The fraction of sp³-hybridized carbons (Fsp3) is 0.267. The highest BCUT2D eigenvalue weighted by Crippen LogP contribution is 2.33. The third-order valence-electron chi connectivity index (χ3n) is 3.02. The monoisotopic (exact) mass is 301 g/mol. The number of unbranched alkanes of at least 4 members (excludes halogenated alkanes) is 1. The van der Waals surface area contributed by atoms with Crippen LogP contribution in [0.15, 0.2) is 18.2 Å². The van der Waals surface area contributed by atoms with Crippen molar-refractivity contribution in [2.24, 2.45) is 0 Å². The fourth-order valence-corrected chi connectivity index (χ4v) is 1.94. The average molecular weight is 301 g/mol. The first-order valence-corrected chi connectivity index (χ1v) is 6.82. The first kappa shape index (κ1) is 15.5. The van der Waals surface area contributed by atoms with Crippen molar-refractivity contribution in [1.82, 2.24) is 9.97 Å². The van der Waals surface area contributed by atoms with Gasteiger partial charge in [0.25, 0.3) is 0 Å². The van der Waals surface area contributed by atoms with E-state index in [4.69, 9.17) is 16.2 Å². The number of halogens is 1. The summed E-state index contributed by atoms with van der Waals surface area (Å²) >= 11 is 0. The SMILES string of the molecule is CCCCOc1ccc(F)cc1-c1nc(N)nc(N)c1C#N. The molecular weight excluding hydrogens is 285 g/mol. The molecule has 1 aromatic heterocycles. The average Bonchev–Trinajstić information content (AvgIpc) is 2.48. The minimum absolute atomic E-state index is 0.0418. The van der Waals surface area contributed by atoms with Crippen molar-refractivity contribution in [2.75, 3.05) is 18.1 Å². The van der Waals surface area contributed by atoms with Gasteiger partial charge in [-0.2, -0.15) is 10.2 Å². The highest BCUT2D eigenvalue weighted by Gasteiger charge is 2.17. The van der Waals surface area contributed by atoms with Gasteiger partial charge < -0.3 is 16.2 Å². The molecule has 0 saturated carbocycles. The van der Waals surface area contributed by atoms with Crippen LogP contribution in [0.4, 0.5) is 16.2 Å². The molecule has 0 bridgehead atoms. The summed E-state index contributed by atoms with van der Waals surface area (Å²) in [6, 6.07) is 5.94. The number of hydrogen-bond donors (Lipinski definition) is 2. The normalized spacial score (nSPS) is 10.2. The molecule has 0 unspecified atom stereocenters. The van der Waals surface area contributed by atoms with Gasteiger partial charge in [0.15, 0.2) is 0 Å². The molecule has 6 nitrogen and oxygen atoms in total. The molecule has 0 aliphatic rings. The van der Waals surface area contributed by atoms with Gasteiger partial charge in [-0.1, -0.05) is 13.3 Å². The molecule has 0 radical (unpaired) electrons. The second kappa shape index (κ2) is 6.72. The Kier molecular flexibility index (Phi) is 4.73. The van der Waals surface area contributed by atoms with Crippen LogP contribution in [0.2, 0.25) is 0 Å². The van der Waals surface area contributed by atoms with Crippen molar-refractivity contribution in [3.8, 4) is 23.1 Å². The van der Waals surface area contributed by atoms with E-state index in [-0.39, 0.29) is 23.0 Å². The maximum Gasteiger partial charge on any atom is 0.222 e. The molecule has 0 saturated heterocycles. The van der Waals surface area contributed by atoms with E-state index in [2.05, 4.69) is 9.97 Å². The standard InChI is InChI=1S/C15H16FN5O/c1-2-3-6-22-12-5-4-9(16)7-10(12)13-11(8-17)14(18)21-15(19)20-13/h4-5,7H,2-3,6H2,1H3,(H4,18,19,20,21). The van der Waals surface area contributed by atoms with Gasteiger partial charge in [0.05, 0.1) is 12.3 Å². The summed E-state index contributed by atoms with van der Waals surface area (Å²) in [6.07, 6.45) is 1.82. The van der Waals surface area contributed by atoms with E-state index in [1.165, 1.54) is 18.2 Å². The molecule has 22 heavy (non-hydrogen) atoms. The lowest BCUT2D eigenvalue weighted by Gasteiger charge is -2.13. The first-order chi connectivity index (χ1) is 10.6. The molecule has 0 spiro atoms. The minimum atomic E-state index is -0.475. The number of nitriles is 1. The zero-order valence-corrected chi connectivity index (χ0v) is 12.1. The van der Waals surface area contributed by atoms with E-state index >= 15 is 0 Å². The van der Waals surface area contributed by atoms with Gasteiger partial charge in [0, 0.05) is 5.56 Å². The molecule has 0 aliphatic heterocycles. The number of nitrogens with two attached hydrogens (primary N) is 2. The van der Waals surface area contributed by atoms with E-state index in [1.54, 1.807) is 0 Å². The van der Waals surface area contributed by atoms with Gasteiger partial charge in [-0.05, 0) is 24.6 Å². The number of nitrogen functional groups attached to an aromatic ring is 2. The molecular formula is C15H16FN5O. The van der Waals surface area contributed by atoms with Gasteiger partial charge in [-0.25, -0.2) is 9.37 Å². The van der Waals surface area contributed by atoms with E-state index in [0.717, 1.165) is 12.8 Å². The summed E-state index contributed by atoms with van der Waals surface area (Å²) in [5.74, 6) is -0.189. The van der Waals surface area contributed by atoms with Crippen LogP contribution >= 0.6 is 0 Å². The lowest BCUT2D eigenvalue weighted by Crippen LogP contribution is -2.06. The molecule has 0 atom stereocenters. The quantitative estimate of drug-likeness (QED) is 0.821. The van der Waals surface area contributed by atoms with E-state index in [9.17, 15) is 9.65 Å². The van der Waals surface area contributed by atoms with Crippen molar-refractivity contribution < 1.29 is 9.13 Å². The Labute approximate surface area is 127 Å². The Morgan fingerprint density at radius 3 is 2.77 bits per heavy atom. The fourth-order valence-electron chi connectivity index (χ4n) is 1.94. The van der Waals surface area contributed by atoms with Crippen LogP contribution in [0.25, 0.3) is 11.3 Å². The van der Waals surface area contributed by atoms with Crippen LogP contribution in [0.3, 0.4) is 0 Å². The summed E-state index contributed by atoms with van der Waals surface area (Å²) in [5.41, 5.74) is 11.8. The maximum absolute atomic E-state index is 13.6. The van der Waals surface area contributed by atoms with Crippen LogP contribution in [0.5, 0.6) is 5.75 Å². The molecule has 4 N–H and O–H groups in total. The number of nitrogens with zero attached hydrogens (tertiary/aromatic N) is 3. The molecule has 2 aromatic rings. The van der Waals surface area contributed by atoms with Gasteiger partial charge in [0.2, 0.25) is 5.95 Å². The summed E-state index contributed by atoms with van der Waals surface area (Å²) in [4.78, 5) is 7.77. The van der Waals surface area contributed by atoms with Crippen LogP contribution in [-0.2, 0) is 0 Å². The minimum Gasteiger partial charge on any atom is -0.493 e. The van der Waals surface area contributed by atoms with Crippen LogP contribution in [-0.4, -0.2) is 16.6 Å². The van der Waals surface area contributed by atoms with Crippen LogP contribution in [0, 0.1) is 17.1 Å². The predicted octanol–water partition coefficient (Wildman–Crippen LogP) is 2.50. The van der Waals surface area contributed by atoms with Crippen molar-refractivity contribution >= 4 is 11.8 Å². The Morgan fingerprint density at radius 2 is 2.09 bits per heavy atom. The lowest BCUT2D eigenvalue weighted by molar-refractivity contribution is 0.310. The number of rotatable bonds is 5. The summed E-state index contributed by atoms with van der Waals surface area (Å²) in [7, 11) is 0. The van der Waals surface area contributed by atoms with Crippen LogP contribution < -0.4 is 16.2 Å². The predicted molar refractivity (Wildman–Crippen MR) is 81.4 cm³/mol. The second-order valence-electron chi connectivity index (χ2n) is 4.64. The molecule has 1 aromatic carbocycles. The smallest absolute Gasteiger partial charge is 0.222 e. The van der Waals surface area contributed by atoms with E-state index in [0.29, 0.717) is 17.9 Å². The van der Waals surface area contributed by atoms with E-state index < -0.39 is 5.82 Å². The summed E-state index contributed by atoms with van der Waals surface area (Å²) in [5, 5.41) is 9.24.